The number of imide groups is 1. The summed E-state index contributed by atoms with van der Waals surface area (Å²) in [6, 6.07) is 0. The molecule has 1 rings (SSSR count). The van der Waals surface area contributed by atoms with Crippen molar-refractivity contribution in [1.29, 1.82) is 0 Å². The van der Waals surface area contributed by atoms with Crippen molar-refractivity contribution >= 4 is 27.7 Å². The fourth-order valence-corrected chi connectivity index (χ4v) is 0.962. The normalized spacial score (nSPS) is 17.4. The van der Waals surface area contributed by atoms with Gasteiger partial charge in [-0.25, -0.2) is 0 Å². The van der Waals surface area contributed by atoms with Crippen LogP contribution < -0.4 is 5.32 Å². The zero-order chi connectivity index (χ0) is 8.27. The zero-order valence-corrected chi connectivity index (χ0v) is 7.22. The number of carbonyl (C=O) groups is 2. The lowest BCUT2D eigenvalue weighted by atomic mass is 10.2. The second kappa shape index (κ2) is 3.48. The number of nitrogens with one attached hydrogen (secondary N) is 1. The highest BCUT2D eigenvalue weighted by molar-refractivity contribution is 9.11. The summed E-state index contributed by atoms with van der Waals surface area (Å²) in [6.07, 6.45) is 3.56. The van der Waals surface area contributed by atoms with E-state index in [1.165, 1.54) is 6.08 Å². The summed E-state index contributed by atoms with van der Waals surface area (Å²) >= 11 is 3.07. The smallest absolute Gasteiger partial charge is 0.254 e. The van der Waals surface area contributed by atoms with Crippen molar-refractivity contribution in [2.45, 2.75) is 6.42 Å². The summed E-state index contributed by atoms with van der Waals surface area (Å²) in [7, 11) is 0. The maximum atomic E-state index is 10.8. The number of allylic oxidation sites excluding steroid dienone is 1. The second-order valence-corrected chi connectivity index (χ2v) is 2.58. The van der Waals surface area contributed by atoms with Gasteiger partial charge < -0.3 is 0 Å². The standard InChI is InChI=1S/C7H6BrNO2/c8-3-1-2-5-4-6(10)9-7(5)11/h1,3-4H,2H2,(H,9,10,11). The molecule has 0 unspecified atom stereocenters. The molecule has 3 nitrogen and oxygen atoms in total. The molecular weight excluding hydrogens is 210 g/mol. The van der Waals surface area contributed by atoms with Crippen LogP contribution in [-0.4, -0.2) is 11.8 Å². The van der Waals surface area contributed by atoms with Crippen LogP contribution in [0.1, 0.15) is 6.42 Å². The van der Waals surface area contributed by atoms with E-state index in [-0.39, 0.29) is 11.8 Å². The number of halogens is 1. The van der Waals surface area contributed by atoms with Crippen molar-refractivity contribution in [3.63, 3.8) is 0 Å². The van der Waals surface area contributed by atoms with Crippen LogP contribution in [-0.2, 0) is 9.59 Å². The minimum atomic E-state index is -0.326. The molecule has 0 aromatic heterocycles. The zero-order valence-electron chi connectivity index (χ0n) is 5.63. The highest BCUT2D eigenvalue weighted by Gasteiger charge is 2.18. The molecule has 4 heteroatoms. The summed E-state index contributed by atoms with van der Waals surface area (Å²) in [5, 5.41) is 2.16. The van der Waals surface area contributed by atoms with Gasteiger partial charge >= 0.3 is 0 Å². The Bertz CT molecular complexity index is 255. The second-order valence-electron chi connectivity index (χ2n) is 2.05. The molecule has 1 aliphatic rings. The van der Waals surface area contributed by atoms with Gasteiger partial charge in [-0.05, 0) is 11.4 Å². The summed E-state index contributed by atoms with van der Waals surface area (Å²) < 4.78 is 0. The summed E-state index contributed by atoms with van der Waals surface area (Å²) in [5.74, 6) is -0.617. The van der Waals surface area contributed by atoms with E-state index < -0.39 is 0 Å². The Labute approximate surface area is 72.3 Å². The molecule has 1 aliphatic heterocycles. The van der Waals surface area contributed by atoms with Crippen LogP contribution in [0.2, 0.25) is 0 Å². The molecule has 0 radical (unpaired) electrons. The summed E-state index contributed by atoms with van der Waals surface area (Å²) in [4.78, 5) is 23.1. The maximum absolute atomic E-state index is 10.8. The van der Waals surface area contributed by atoms with Gasteiger partial charge in [0.15, 0.2) is 0 Å². The Hall–Kier alpha value is -0.900. The third-order valence-electron chi connectivity index (χ3n) is 1.26. The topological polar surface area (TPSA) is 46.2 Å². The van der Waals surface area contributed by atoms with E-state index in [0.717, 1.165) is 0 Å². The molecule has 0 bridgehead atoms. The van der Waals surface area contributed by atoms with Gasteiger partial charge in [-0.1, -0.05) is 22.0 Å². The van der Waals surface area contributed by atoms with E-state index in [4.69, 9.17) is 0 Å². The van der Waals surface area contributed by atoms with Crippen LogP contribution in [0.4, 0.5) is 0 Å². The minimum Gasteiger partial charge on any atom is -0.289 e. The Balaban J connectivity index is 2.64. The third kappa shape index (κ3) is 2.01. The molecule has 0 aromatic rings. The molecule has 2 amide bonds. The van der Waals surface area contributed by atoms with Gasteiger partial charge in [0.2, 0.25) is 0 Å². The predicted octanol–water partition coefficient (Wildman–Crippen LogP) is 0.868. The number of hydrogen-bond donors (Lipinski definition) is 1. The molecule has 0 saturated heterocycles. The molecule has 0 aromatic carbocycles. The van der Waals surface area contributed by atoms with E-state index in [2.05, 4.69) is 21.2 Å². The van der Waals surface area contributed by atoms with Crippen LogP contribution in [0, 0.1) is 0 Å². The number of carbonyl (C=O) groups excluding carboxylic acids is 2. The van der Waals surface area contributed by atoms with Crippen molar-refractivity contribution in [1.82, 2.24) is 5.32 Å². The largest absolute Gasteiger partial charge is 0.289 e. The molecule has 1 N–H and O–H groups in total. The van der Waals surface area contributed by atoms with Crippen molar-refractivity contribution < 1.29 is 9.59 Å². The fourth-order valence-electron chi connectivity index (χ4n) is 0.775. The monoisotopic (exact) mass is 215 g/mol. The Morgan fingerprint density at radius 2 is 2.27 bits per heavy atom. The fraction of sp³-hybridized carbons (Fsp3) is 0.143. The predicted molar refractivity (Wildman–Crippen MR) is 43.9 cm³/mol. The van der Waals surface area contributed by atoms with Crippen LogP contribution in [0.3, 0.4) is 0 Å². The molecule has 0 saturated carbocycles. The Morgan fingerprint density at radius 3 is 2.73 bits per heavy atom. The first-order valence-corrected chi connectivity index (χ1v) is 3.96. The molecule has 11 heavy (non-hydrogen) atoms. The molecule has 58 valence electrons. The van der Waals surface area contributed by atoms with E-state index >= 15 is 0 Å². The lowest BCUT2D eigenvalue weighted by molar-refractivity contribution is -0.123. The molecule has 0 fully saturated rings. The molecule has 0 atom stereocenters. The van der Waals surface area contributed by atoms with E-state index in [9.17, 15) is 9.59 Å². The van der Waals surface area contributed by atoms with Gasteiger partial charge in [0.1, 0.15) is 0 Å². The van der Waals surface area contributed by atoms with Crippen molar-refractivity contribution in [2.24, 2.45) is 0 Å². The maximum Gasteiger partial charge on any atom is 0.254 e. The van der Waals surface area contributed by atoms with Gasteiger partial charge in [-0.2, -0.15) is 0 Å². The van der Waals surface area contributed by atoms with Crippen LogP contribution >= 0.6 is 15.9 Å². The van der Waals surface area contributed by atoms with Gasteiger partial charge in [-0.3, -0.25) is 14.9 Å². The van der Waals surface area contributed by atoms with Crippen LogP contribution in [0.15, 0.2) is 22.7 Å². The molecule has 1 heterocycles. The third-order valence-corrected chi connectivity index (χ3v) is 1.63. The molecular formula is C7H6BrNO2. The Kier molecular flexibility index (Phi) is 2.59. The summed E-state index contributed by atoms with van der Waals surface area (Å²) in [6.45, 7) is 0. The van der Waals surface area contributed by atoms with Gasteiger partial charge in [0.25, 0.3) is 11.8 Å². The lowest BCUT2D eigenvalue weighted by Gasteiger charge is -1.91. The Morgan fingerprint density at radius 1 is 1.55 bits per heavy atom. The highest BCUT2D eigenvalue weighted by atomic mass is 79.9. The summed E-state index contributed by atoms with van der Waals surface area (Å²) in [5.41, 5.74) is 0.505. The molecule has 0 aliphatic carbocycles. The SMILES string of the molecule is O=C1C=C(CC=CBr)C(=O)N1. The van der Waals surface area contributed by atoms with Gasteiger partial charge in [-0.15, -0.1) is 0 Å². The van der Waals surface area contributed by atoms with Crippen LogP contribution in [0.5, 0.6) is 0 Å². The minimum absolute atomic E-state index is 0.291. The molecule has 0 spiro atoms. The van der Waals surface area contributed by atoms with E-state index in [1.54, 1.807) is 11.1 Å². The van der Waals surface area contributed by atoms with E-state index in [1.807, 2.05) is 0 Å². The van der Waals surface area contributed by atoms with E-state index in [0.29, 0.717) is 12.0 Å². The van der Waals surface area contributed by atoms with Crippen molar-refractivity contribution in [3.05, 3.63) is 22.7 Å². The highest BCUT2D eigenvalue weighted by Crippen LogP contribution is 2.08. The average molecular weight is 216 g/mol. The quantitative estimate of drug-likeness (QED) is 0.696. The number of rotatable bonds is 2. The number of amides is 2. The number of hydrogen-bond acceptors (Lipinski definition) is 2. The van der Waals surface area contributed by atoms with Crippen LogP contribution in [0.25, 0.3) is 0 Å². The van der Waals surface area contributed by atoms with Crippen molar-refractivity contribution in [3.8, 4) is 0 Å². The van der Waals surface area contributed by atoms with Crippen molar-refractivity contribution in [2.75, 3.05) is 0 Å². The van der Waals surface area contributed by atoms with Gasteiger partial charge in [0, 0.05) is 11.6 Å². The first-order valence-electron chi connectivity index (χ1n) is 3.05. The lowest BCUT2D eigenvalue weighted by Crippen LogP contribution is -2.21. The first-order chi connectivity index (χ1) is 5.24. The van der Waals surface area contributed by atoms with Gasteiger partial charge in [0.05, 0.1) is 0 Å². The first kappa shape index (κ1) is 8.20. The average Bonchev–Trinajstić information content (AvgIpc) is 2.26.